The first kappa shape index (κ1) is 11.4. The largest absolute Gasteiger partial charge is 0.434 e. The van der Waals surface area contributed by atoms with Gasteiger partial charge in [0.1, 0.15) is 5.75 Å². The number of aryl methyl sites for hydroxylation is 1. The van der Waals surface area contributed by atoms with E-state index in [-0.39, 0.29) is 5.75 Å². The van der Waals surface area contributed by atoms with E-state index in [2.05, 4.69) is 4.74 Å². The fraction of sp³-hybridized carbons (Fsp3) is 0.364. The van der Waals surface area contributed by atoms with E-state index < -0.39 is 12.5 Å². The summed E-state index contributed by atoms with van der Waals surface area (Å²) in [7, 11) is 0. The van der Waals surface area contributed by atoms with Crippen molar-refractivity contribution in [2.45, 2.75) is 26.4 Å². The normalized spacial score (nSPS) is 12.3. The average molecular weight is 211 g/mol. The molecule has 0 saturated carbocycles. The Hall–Kier alpha value is -1.63. The highest BCUT2D eigenvalue weighted by atomic mass is 19.3. The van der Waals surface area contributed by atoms with Gasteiger partial charge in [0.2, 0.25) is 0 Å². The number of halogens is 2. The van der Waals surface area contributed by atoms with E-state index in [1.807, 2.05) is 6.07 Å². The molecule has 0 N–H and O–H groups in total. The van der Waals surface area contributed by atoms with Crippen LogP contribution in [0.5, 0.6) is 5.75 Å². The van der Waals surface area contributed by atoms with Gasteiger partial charge in [-0.2, -0.15) is 14.0 Å². The molecule has 0 amide bonds. The van der Waals surface area contributed by atoms with Crippen molar-refractivity contribution < 1.29 is 13.5 Å². The Morgan fingerprint density at radius 2 is 2.07 bits per heavy atom. The van der Waals surface area contributed by atoms with Crippen LogP contribution in [0, 0.1) is 18.3 Å². The van der Waals surface area contributed by atoms with Crippen LogP contribution in [0.2, 0.25) is 0 Å². The molecule has 1 rings (SSSR count). The van der Waals surface area contributed by atoms with Gasteiger partial charge in [0, 0.05) is 5.56 Å². The Balaban J connectivity index is 3.15. The molecule has 0 aliphatic carbocycles. The first-order valence-electron chi connectivity index (χ1n) is 4.50. The molecule has 0 spiro atoms. The molecule has 0 fully saturated rings. The van der Waals surface area contributed by atoms with Gasteiger partial charge < -0.3 is 4.74 Å². The van der Waals surface area contributed by atoms with Crippen LogP contribution in [0.25, 0.3) is 0 Å². The second-order valence-corrected chi connectivity index (χ2v) is 3.22. The van der Waals surface area contributed by atoms with Gasteiger partial charge in [0.25, 0.3) is 0 Å². The SMILES string of the molecule is Cc1cccc(C(C)C#N)c1OC(F)F. The first-order valence-corrected chi connectivity index (χ1v) is 4.50. The lowest BCUT2D eigenvalue weighted by Gasteiger charge is -2.14. The number of nitriles is 1. The summed E-state index contributed by atoms with van der Waals surface area (Å²) < 4.78 is 28.7. The fourth-order valence-corrected chi connectivity index (χ4v) is 1.34. The van der Waals surface area contributed by atoms with Gasteiger partial charge in [-0.05, 0) is 19.4 Å². The van der Waals surface area contributed by atoms with Crippen molar-refractivity contribution in [2.24, 2.45) is 0 Å². The maximum absolute atomic E-state index is 12.1. The van der Waals surface area contributed by atoms with Gasteiger partial charge in [0.05, 0.1) is 12.0 Å². The van der Waals surface area contributed by atoms with Gasteiger partial charge in [-0.15, -0.1) is 0 Å². The molecule has 0 heterocycles. The van der Waals surface area contributed by atoms with Crippen molar-refractivity contribution in [3.63, 3.8) is 0 Å². The molecule has 0 radical (unpaired) electrons. The van der Waals surface area contributed by atoms with Crippen molar-refractivity contribution in [1.29, 1.82) is 5.26 Å². The van der Waals surface area contributed by atoms with E-state index in [4.69, 9.17) is 5.26 Å². The van der Waals surface area contributed by atoms with Crippen LogP contribution in [0.15, 0.2) is 18.2 Å². The molecule has 15 heavy (non-hydrogen) atoms. The molecular formula is C11H11F2NO. The minimum atomic E-state index is -2.87. The van der Waals surface area contributed by atoms with Crippen LogP contribution in [-0.2, 0) is 0 Å². The van der Waals surface area contributed by atoms with Gasteiger partial charge in [-0.1, -0.05) is 18.2 Å². The molecular weight excluding hydrogens is 200 g/mol. The smallest absolute Gasteiger partial charge is 0.387 e. The predicted octanol–water partition coefficient (Wildman–Crippen LogP) is 3.22. The summed E-state index contributed by atoms with van der Waals surface area (Å²) in [6.45, 7) is 0.453. The molecule has 1 unspecified atom stereocenters. The van der Waals surface area contributed by atoms with Crippen LogP contribution in [0.1, 0.15) is 24.0 Å². The van der Waals surface area contributed by atoms with Crippen molar-refractivity contribution >= 4 is 0 Å². The molecule has 0 bridgehead atoms. The molecule has 2 nitrogen and oxygen atoms in total. The maximum Gasteiger partial charge on any atom is 0.387 e. The molecule has 0 saturated heterocycles. The molecule has 0 aromatic heterocycles. The Bertz CT molecular complexity index is 385. The van der Waals surface area contributed by atoms with E-state index in [1.54, 1.807) is 32.0 Å². The molecule has 1 aromatic rings. The van der Waals surface area contributed by atoms with E-state index in [1.165, 1.54) is 0 Å². The van der Waals surface area contributed by atoms with E-state index in [0.717, 1.165) is 0 Å². The number of ether oxygens (including phenoxy) is 1. The van der Waals surface area contributed by atoms with Crippen LogP contribution in [0.3, 0.4) is 0 Å². The second-order valence-electron chi connectivity index (χ2n) is 3.22. The van der Waals surface area contributed by atoms with Gasteiger partial charge in [-0.3, -0.25) is 0 Å². The number of hydrogen-bond acceptors (Lipinski definition) is 2. The average Bonchev–Trinajstić information content (AvgIpc) is 2.19. The number of rotatable bonds is 3. The highest BCUT2D eigenvalue weighted by molar-refractivity contribution is 5.44. The van der Waals surface area contributed by atoms with Crippen LogP contribution in [-0.4, -0.2) is 6.61 Å². The summed E-state index contributed by atoms with van der Waals surface area (Å²) in [5.41, 5.74) is 1.10. The van der Waals surface area contributed by atoms with Gasteiger partial charge >= 0.3 is 6.61 Å². The number of nitrogens with zero attached hydrogens (tertiary/aromatic N) is 1. The predicted molar refractivity (Wildman–Crippen MR) is 51.8 cm³/mol. The van der Waals surface area contributed by atoms with Crippen molar-refractivity contribution in [3.05, 3.63) is 29.3 Å². The number of benzene rings is 1. The minimum Gasteiger partial charge on any atom is -0.434 e. The molecule has 0 aliphatic rings. The maximum atomic E-state index is 12.1. The second kappa shape index (κ2) is 4.74. The number of alkyl halides is 2. The first-order chi connectivity index (χ1) is 7.06. The topological polar surface area (TPSA) is 33.0 Å². The zero-order chi connectivity index (χ0) is 11.4. The fourth-order valence-electron chi connectivity index (χ4n) is 1.34. The third-order valence-electron chi connectivity index (χ3n) is 2.11. The standard InChI is InChI=1S/C11H11F2NO/c1-7-4-3-5-9(8(2)6-14)10(7)15-11(12)13/h3-5,8,11H,1-2H3. The molecule has 1 aromatic carbocycles. The summed E-state index contributed by atoms with van der Waals surface area (Å²) in [6, 6.07) is 7.01. The number of para-hydroxylation sites is 1. The Kier molecular flexibility index (Phi) is 3.62. The highest BCUT2D eigenvalue weighted by Gasteiger charge is 2.16. The van der Waals surface area contributed by atoms with Crippen LogP contribution < -0.4 is 4.74 Å². The number of hydrogen-bond donors (Lipinski definition) is 0. The summed E-state index contributed by atoms with van der Waals surface area (Å²) in [4.78, 5) is 0. The Labute approximate surface area is 87.1 Å². The zero-order valence-electron chi connectivity index (χ0n) is 8.50. The third-order valence-corrected chi connectivity index (χ3v) is 2.11. The van der Waals surface area contributed by atoms with Gasteiger partial charge in [0.15, 0.2) is 0 Å². The van der Waals surface area contributed by atoms with Gasteiger partial charge in [-0.25, -0.2) is 0 Å². The lowest BCUT2D eigenvalue weighted by molar-refractivity contribution is -0.0509. The summed E-state index contributed by atoms with van der Waals surface area (Å²) in [5.74, 6) is -0.347. The van der Waals surface area contributed by atoms with Crippen LogP contribution >= 0.6 is 0 Å². The molecule has 1 atom stereocenters. The monoisotopic (exact) mass is 211 g/mol. The van der Waals surface area contributed by atoms with E-state index in [9.17, 15) is 8.78 Å². The molecule has 80 valence electrons. The lowest BCUT2D eigenvalue weighted by atomic mass is 9.99. The Morgan fingerprint density at radius 3 is 2.60 bits per heavy atom. The molecule has 4 heteroatoms. The lowest BCUT2D eigenvalue weighted by Crippen LogP contribution is -2.07. The van der Waals surface area contributed by atoms with Crippen molar-refractivity contribution in [2.75, 3.05) is 0 Å². The molecule has 0 aliphatic heterocycles. The van der Waals surface area contributed by atoms with E-state index in [0.29, 0.717) is 11.1 Å². The minimum absolute atomic E-state index is 0.113. The van der Waals surface area contributed by atoms with E-state index >= 15 is 0 Å². The van der Waals surface area contributed by atoms with Crippen molar-refractivity contribution in [3.8, 4) is 11.8 Å². The quantitative estimate of drug-likeness (QED) is 0.769. The zero-order valence-corrected chi connectivity index (χ0v) is 8.50. The van der Waals surface area contributed by atoms with Crippen molar-refractivity contribution in [1.82, 2.24) is 0 Å². The van der Waals surface area contributed by atoms with Crippen LogP contribution in [0.4, 0.5) is 8.78 Å². The highest BCUT2D eigenvalue weighted by Crippen LogP contribution is 2.30. The summed E-state index contributed by atoms with van der Waals surface area (Å²) in [5, 5.41) is 8.74. The summed E-state index contributed by atoms with van der Waals surface area (Å²) >= 11 is 0. The third kappa shape index (κ3) is 2.66. The Morgan fingerprint density at radius 1 is 1.40 bits per heavy atom. The summed E-state index contributed by atoms with van der Waals surface area (Å²) in [6.07, 6.45) is 0.